The lowest BCUT2D eigenvalue weighted by molar-refractivity contribution is -0.124. The monoisotopic (exact) mass is 684 g/mol. The van der Waals surface area contributed by atoms with E-state index in [9.17, 15) is 29.4 Å². The van der Waals surface area contributed by atoms with Crippen LogP contribution >= 0.6 is 71.2 Å². The number of amides is 4. The molecule has 10 nitrogen and oxygen atoms in total. The molecular weight excluding hydrogens is 663 g/mol. The van der Waals surface area contributed by atoms with E-state index >= 15 is 0 Å². The zero-order chi connectivity index (χ0) is 30.6. The van der Waals surface area contributed by atoms with Crippen molar-refractivity contribution in [3.8, 4) is 11.5 Å². The van der Waals surface area contributed by atoms with Gasteiger partial charge in [0.1, 0.15) is 20.1 Å². The Kier molecular flexibility index (Phi) is 10.7. The van der Waals surface area contributed by atoms with Gasteiger partial charge >= 0.3 is 0 Å². The van der Waals surface area contributed by atoms with Crippen molar-refractivity contribution < 1.29 is 29.4 Å². The summed E-state index contributed by atoms with van der Waals surface area (Å²) in [4.78, 5) is 53.9. The lowest BCUT2D eigenvalue weighted by atomic mass is 10.2. The number of hydrogen-bond donors (Lipinski definition) is 4. The lowest BCUT2D eigenvalue weighted by Crippen LogP contribution is -2.31. The molecule has 0 saturated carbocycles. The molecule has 4 N–H and O–H groups in total. The van der Waals surface area contributed by atoms with Crippen molar-refractivity contribution in [2.45, 2.75) is 25.7 Å². The largest absolute Gasteiger partial charge is 0.506 e. The fourth-order valence-electron chi connectivity index (χ4n) is 3.89. The maximum absolute atomic E-state index is 13.1. The number of nitrogens with zero attached hydrogens (tertiary/aromatic N) is 2. The molecule has 42 heavy (non-hydrogen) atoms. The van der Waals surface area contributed by atoms with E-state index in [1.165, 1.54) is 46.2 Å². The number of halogens is 2. The summed E-state index contributed by atoms with van der Waals surface area (Å²) in [6.07, 6.45) is 0.654. The van der Waals surface area contributed by atoms with E-state index in [2.05, 4.69) is 10.6 Å². The van der Waals surface area contributed by atoms with Crippen molar-refractivity contribution in [3.63, 3.8) is 0 Å². The van der Waals surface area contributed by atoms with E-state index < -0.39 is 11.8 Å². The second kappa shape index (κ2) is 14.1. The number of nitrogens with one attached hydrogen (secondary N) is 2. The Balaban J connectivity index is 1.29. The number of phenols is 2. The minimum Gasteiger partial charge on any atom is -0.506 e. The van der Waals surface area contributed by atoms with E-state index in [1.54, 1.807) is 0 Å². The molecule has 4 amide bonds. The van der Waals surface area contributed by atoms with Crippen molar-refractivity contribution in [3.05, 3.63) is 56.3 Å². The van der Waals surface area contributed by atoms with Gasteiger partial charge in [0, 0.05) is 36.0 Å². The first-order valence-corrected chi connectivity index (χ1v) is 15.5. The summed E-state index contributed by atoms with van der Waals surface area (Å²) in [5.74, 6) is -1.89. The molecule has 0 bridgehead atoms. The third kappa shape index (κ3) is 7.74. The number of carbonyl (C=O) groups excluding carboxylic acids is 4. The van der Waals surface area contributed by atoms with Crippen molar-refractivity contribution in [2.75, 3.05) is 23.7 Å². The Bertz CT molecular complexity index is 1420. The number of anilines is 2. The fraction of sp³-hybridized carbons (Fsp3) is 0.231. The van der Waals surface area contributed by atoms with Crippen LogP contribution in [0.5, 0.6) is 11.5 Å². The number of hydrogen-bond acceptors (Lipinski definition) is 10. The first kappa shape index (κ1) is 32.0. The molecule has 0 unspecified atom stereocenters. The topological polar surface area (TPSA) is 139 Å². The van der Waals surface area contributed by atoms with Crippen LogP contribution in [0, 0.1) is 0 Å². The summed E-state index contributed by atoms with van der Waals surface area (Å²) >= 11 is 24.5. The normalized spacial score (nSPS) is 16.9. The van der Waals surface area contributed by atoms with Crippen LogP contribution in [0.2, 0.25) is 10.0 Å². The Hall–Kier alpha value is -2.88. The average Bonchev–Trinajstić information content (AvgIpc) is 3.37. The molecule has 2 aliphatic rings. The first-order valence-electron chi connectivity index (χ1n) is 12.3. The Morgan fingerprint density at radius 3 is 1.50 bits per heavy atom. The number of phenolic OH excluding ortho intramolecular Hbond substituents is 2. The highest BCUT2D eigenvalue weighted by molar-refractivity contribution is 8.29. The summed E-state index contributed by atoms with van der Waals surface area (Å²) in [7, 11) is 0. The van der Waals surface area contributed by atoms with Crippen LogP contribution in [0.1, 0.15) is 25.7 Å². The van der Waals surface area contributed by atoms with Crippen LogP contribution in [0.15, 0.2) is 46.2 Å². The van der Waals surface area contributed by atoms with Crippen molar-refractivity contribution in [1.82, 2.24) is 9.80 Å². The van der Waals surface area contributed by atoms with Crippen LogP contribution < -0.4 is 10.6 Å². The fourth-order valence-corrected chi connectivity index (χ4v) is 7.01. The zero-order valence-corrected chi connectivity index (χ0v) is 26.3. The Labute approximate surface area is 269 Å². The second-order valence-electron chi connectivity index (χ2n) is 8.93. The predicted molar refractivity (Wildman–Crippen MR) is 173 cm³/mol. The van der Waals surface area contributed by atoms with Gasteiger partial charge in [-0.15, -0.1) is 0 Å². The highest BCUT2D eigenvalue weighted by Gasteiger charge is 2.41. The Morgan fingerprint density at radius 1 is 0.738 bits per heavy atom. The highest BCUT2D eigenvalue weighted by Crippen LogP contribution is 2.42. The minimum atomic E-state index is -0.445. The van der Waals surface area contributed by atoms with E-state index in [4.69, 9.17) is 47.6 Å². The van der Waals surface area contributed by atoms with Gasteiger partial charge in [-0.25, -0.2) is 0 Å². The quantitative estimate of drug-likeness (QED) is 0.145. The molecule has 16 heteroatoms. The van der Waals surface area contributed by atoms with Gasteiger partial charge in [0.15, 0.2) is 0 Å². The maximum Gasteiger partial charge on any atom is 0.267 e. The van der Waals surface area contributed by atoms with Gasteiger partial charge in [-0.2, -0.15) is 0 Å². The van der Waals surface area contributed by atoms with Gasteiger partial charge in [0.2, 0.25) is 11.8 Å². The zero-order valence-electron chi connectivity index (χ0n) is 21.5. The molecule has 2 saturated heterocycles. The molecule has 2 fully saturated rings. The number of aromatic hydroxyl groups is 2. The summed E-state index contributed by atoms with van der Waals surface area (Å²) in [5, 5.41) is 25.6. The van der Waals surface area contributed by atoms with E-state index in [1.807, 2.05) is 0 Å². The smallest absolute Gasteiger partial charge is 0.267 e. The highest BCUT2D eigenvalue weighted by atomic mass is 35.5. The standard InChI is InChI=1S/C26H22Cl2N4O6S4/c27-13-5-7-17(33)15(11-13)29-19(35)3-1-9-31-23(37)21(41-25(31)39)22-24(38)32(26(40)42-22)10-2-4-20(36)30-16-12-14(28)6-8-18(16)34/h5-8,11-12,33-34H,1-4,9-10H2,(H,29,35)(H,30,36). The average molecular weight is 686 g/mol. The second-order valence-corrected chi connectivity index (χ2v) is 13.1. The number of carbonyl (C=O) groups is 4. The van der Waals surface area contributed by atoms with Crippen molar-refractivity contribution in [2.24, 2.45) is 0 Å². The molecule has 220 valence electrons. The number of rotatable bonds is 10. The van der Waals surface area contributed by atoms with Gasteiger partial charge < -0.3 is 20.8 Å². The van der Waals surface area contributed by atoms with Crippen LogP contribution in [0.4, 0.5) is 11.4 Å². The number of thioether (sulfide) groups is 2. The summed E-state index contributed by atoms with van der Waals surface area (Å²) in [5.41, 5.74) is 0.363. The van der Waals surface area contributed by atoms with E-state index in [0.717, 1.165) is 23.5 Å². The van der Waals surface area contributed by atoms with E-state index in [0.29, 0.717) is 10.0 Å². The Morgan fingerprint density at radius 2 is 1.12 bits per heavy atom. The third-order valence-electron chi connectivity index (χ3n) is 5.94. The molecule has 0 radical (unpaired) electrons. The summed E-state index contributed by atoms with van der Waals surface area (Å²) in [6.45, 7) is 0.307. The molecule has 2 aromatic carbocycles. The molecule has 0 atom stereocenters. The van der Waals surface area contributed by atoms with Crippen LogP contribution in [0.3, 0.4) is 0 Å². The molecule has 4 rings (SSSR count). The lowest BCUT2D eigenvalue weighted by Gasteiger charge is -2.15. The summed E-state index contributed by atoms with van der Waals surface area (Å²) in [6, 6.07) is 8.57. The van der Waals surface area contributed by atoms with Gasteiger partial charge in [0.05, 0.1) is 21.2 Å². The SMILES string of the molecule is O=C(CCCN1C(=O)C(=C2SC(=S)N(CCCC(=O)Nc3cc(Cl)ccc3O)C2=O)SC1=S)Nc1cc(Cl)ccc1O. The maximum atomic E-state index is 13.1. The first-order chi connectivity index (χ1) is 19.9. The third-order valence-corrected chi connectivity index (χ3v) is 9.44. The molecule has 0 spiro atoms. The van der Waals surface area contributed by atoms with Crippen LogP contribution in [-0.2, 0) is 19.2 Å². The molecule has 2 heterocycles. The predicted octanol–water partition coefficient (Wildman–Crippen LogP) is 5.47. The van der Waals surface area contributed by atoms with Crippen LogP contribution in [-0.4, -0.2) is 65.4 Å². The van der Waals surface area contributed by atoms with Crippen molar-refractivity contribution in [1.29, 1.82) is 0 Å². The van der Waals surface area contributed by atoms with Gasteiger partial charge in [-0.1, -0.05) is 71.2 Å². The van der Waals surface area contributed by atoms with Crippen molar-refractivity contribution >= 4 is 115 Å². The van der Waals surface area contributed by atoms with Gasteiger partial charge in [-0.3, -0.25) is 29.0 Å². The molecule has 0 aromatic heterocycles. The van der Waals surface area contributed by atoms with E-state index in [-0.39, 0.29) is 91.9 Å². The molecule has 0 aliphatic carbocycles. The molecule has 2 aromatic rings. The minimum absolute atomic E-state index is 0.0466. The molecule has 2 aliphatic heterocycles. The summed E-state index contributed by atoms with van der Waals surface area (Å²) < 4.78 is 0.517. The number of thiocarbonyl (C=S) groups is 2. The number of benzene rings is 2. The molecular formula is C26H22Cl2N4O6S4. The van der Waals surface area contributed by atoms with Gasteiger partial charge in [0.25, 0.3) is 11.8 Å². The van der Waals surface area contributed by atoms with Gasteiger partial charge in [-0.05, 0) is 49.2 Å². The van der Waals surface area contributed by atoms with Crippen LogP contribution in [0.25, 0.3) is 0 Å².